The Kier molecular flexibility index (Phi) is 7.95. The SMILES string of the molecule is CC1CCC(C(C)C)C([S+](C(C)C(=O)O)C2CC(C)CCC2C(C)C)C1. The van der Waals surface area contributed by atoms with Crippen LogP contribution in [0.3, 0.4) is 0 Å². The summed E-state index contributed by atoms with van der Waals surface area (Å²) in [4.78, 5) is 12.1. The fourth-order valence-corrected chi connectivity index (χ4v) is 10.3. The molecule has 0 amide bonds. The number of rotatable bonds is 6. The number of hydrogen-bond donors (Lipinski definition) is 1. The minimum atomic E-state index is -0.560. The molecule has 7 unspecified atom stereocenters. The lowest BCUT2D eigenvalue weighted by Crippen LogP contribution is -2.53. The van der Waals surface area contributed by atoms with Crippen molar-refractivity contribution in [2.45, 2.75) is 103 Å². The van der Waals surface area contributed by atoms with Crippen LogP contribution in [0.4, 0.5) is 0 Å². The molecule has 7 atom stereocenters. The van der Waals surface area contributed by atoms with Crippen LogP contribution < -0.4 is 0 Å². The van der Waals surface area contributed by atoms with Gasteiger partial charge in [0.1, 0.15) is 10.5 Å². The zero-order chi connectivity index (χ0) is 19.6. The standard InChI is InChI=1S/C23H42O2S/c1-14(2)19-10-8-16(5)12-21(19)26(18(7)23(24)25)22-13-17(6)9-11-20(22)15(3)4/h14-22H,8-13H2,1-7H3/p+1. The molecule has 2 nitrogen and oxygen atoms in total. The second-order valence-electron chi connectivity index (χ2n) is 10.1. The van der Waals surface area contributed by atoms with Gasteiger partial charge < -0.3 is 5.11 Å². The maximum absolute atomic E-state index is 12.1. The number of aliphatic carboxylic acids is 1. The maximum Gasteiger partial charge on any atom is 0.356 e. The molecule has 0 aromatic heterocycles. The van der Waals surface area contributed by atoms with E-state index in [4.69, 9.17) is 0 Å². The van der Waals surface area contributed by atoms with Gasteiger partial charge >= 0.3 is 5.97 Å². The van der Waals surface area contributed by atoms with Gasteiger partial charge in [-0.25, -0.2) is 4.79 Å². The van der Waals surface area contributed by atoms with Crippen molar-refractivity contribution in [2.24, 2.45) is 35.5 Å². The van der Waals surface area contributed by atoms with Gasteiger partial charge in [-0.2, -0.15) is 0 Å². The highest BCUT2D eigenvalue weighted by molar-refractivity contribution is 7.99. The third-order valence-corrected chi connectivity index (χ3v) is 10.9. The van der Waals surface area contributed by atoms with Gasteiger partial charge in [-0.3, -0.25) is 0 Å². The molecule has 0 heterocycles. The summed E-state index contributed by atoms with van der Waals surface area (Å²) < 4.78 is 0. The summed E-state index contributed by atoms with van der Waals surface area (Å²) in [7, 11) is -0.0144. The molecule has 3 heteroatoms. The zero-order valence-corrected chi connectivity index (χ0v) is 19.0. The van der Waals surface area contributed by atoms with E-state index in [1.807, 2.05) is 6.92 Å². The van der Waals surface area contributed by atoms with E-state index in [1.54, 1.807) is 0 Å². The third-order valence-electron chi connectivity index (χ3n) is 7.38. The normalized spacial score (nSPS) is 38.3. The predicted molar refractivity (Wildman–Crippen MR) is 115 cm³/mol. The summed E-state index contributed by atoms with van der Waals surface area (Å²) >= 11 is 0. The monoisotopic (exact) mass is 383 g/mol. The molecule has 0 aliphatic heterocycles. The Bertz CT molecular complexity index is 429. The molecule has 1 N–H and O–H groups in total. The lowest BCUT2D eigenvalue weighted by atomic mass is 9.76. The Morgan fingerprint density at radius 1 is 0.808 bits per heavy atom. The van der Waals surface area contributed by atoms with Crippen molar-refractivity contribution in [1.29, 1.82) is 0 Å². The highest BCUT2D eigenvalue weighted by Crippen LogP contribution is 2.47. The Balaban J connectivity index is 2.41. The van der Waals surface area contributed by atoms with E-state index in [1.165, 1.54) is 38.5 Å². The van der Waals surface area contributed by atoms with Crippen LogP contribution in [0.5, 0.6) is 0 Å². The van der Waals surface area contributed by atoms with Gasteiger partial charge in [-0.05, 0) is 56.3 Å². The molecule has 0 saturated heterocycles. The van der Waals surface area contributed by atoms with Crippen molar-refractivity contribution in [1.82, 2.24) is 0 Å². The van der Waals surface area contributed by atoms with E-state index >= 15 is 0 Å². The Morgan fingerprint density at radius 3 is 1.50 bits per heavy atom. The van der Waals surface area contributed by atoms with E-state index < -0.39 is 5.97 Å². The average molecular weight is 384 g/mol. The third kappa shape index (κ3) is 5.00. The van der Waals surface area contributed by atoms with Crippen LogP contribution in [0.1, 0.15) is 87.0 Å². The summed E-state index contributed by atoms with van der Waals surface area (Å²) in [5, 5.41) is 11.0. The molecule has 0 bridgehead atoms. The van der Waals surface area contributed by atoms with E-state index in [0.29, 0.717) is 34.2 Å². The first kappa shape index (κ1) is 22.1. The molecule has 0 aromatic carbocycles. The fourth-order valence-electron chi connectivity index (χ4n) is 5.72. The molecule has 2 rings (SSSR count). The number of carbonyl (C=O) groups is 1. The topological polar surface area (TPSA) is 37.3 Å². The lowest BCUT2D eigenvalue weighted by molar-refractivity contribution is -0.136. The van der Waals surface area contributed by atoms with Crippen LogP contribution in [0.15, 0.2) is 0 Å². The first-order valence-electron chi connectivity index (χ1n) is 11.1. The molecule has 26 heavy (non-hydrogen) atoms. The molecule has 0 aromatic rings. The second kappa shape index (κ2) is 9.34. The smallest absolute Gasteiger partial charge is 0.356 e. The maximum atomic E-state index is 12.1. The number of carboxylic acid groups (broad SMARTS) is 1. The van der Waals surface area contributed by atoms with E-state index in [2.05, 4.69) is 41.5 Å². The quantitative estimate of drug-likeness (QED) is 0.571. The molecular weight excluding hydrogens is 340 g/mol. The zero-order valence-electron chi connectivity index (χ0n) is 18.2. The number of carboxylic acids is 1. The van der Waals surface area contributed by atoms with Gasteiger partial charge in [0.25, 0.3) is 0 Å². The first-order valence-corrected chi connectivity index (χ1v) is 12.5. The van der Waals surface area contributed by atoms with E-state index in [-0.39, 0.29) is 16.1 Å². The van der Waals surface area contributed by atoms with Crippen molar-refractivity contribution < 1.29 is 9.90 Å². The van der Waals surface area contributed by atoms with Gasteiger partial charge in [0, 0.05) is 22.7 Å². The van der Waals surface area contributed by atoms with Crippen molar-refractivity contribution in [3.8, 4) is 0 Å². The molecule has 2 saturated carbocycles. The largest absolute Gasteiger partial charge is 0.478 e. The van der Waals surface area contributed by atoms with Gasteiger partial charge in [0.05, 0.1) is 0 Å². The summed E-state index contributed by atoms with van der Waals surface area (Å²) in [5.74, 6) is 3.70. The van der Waals surface area contributed by atoms with Crippen LogP contribution in [0.25, 0.3) is 0 Å². The van der Waals surface area contributed by atoms with Crippen molar-refractivity contribution in [2.75, 3.05) is 0 Å². The van der Waals surface area contributed by atoms with Crippen LogP contribution >= 0.6 is 0 Å². The highest BCUT2D eigenvalue weighted by atomic mass is 32.2. The molecular formula is C23H43O2S+. The minimum Gasteiger partial charge on any atom is -0.478 e. The summed E-state index contributed by atoms with van der Waals surface area (Å²) in [6, 6.07) is 0. The van der Waals surface area contributed by atoms with E-state index in [9.17, 15) is 9.90 Å². The minimum absolute atomic E-state index is 0.0144. The van der Waals surface area contributed by atoms with Crippen LogP contribution in [-0.4, -0.2) is 26.8 Å². The van der Waals surface area contributed by atoms with Crippen LogP contribution in [-0.2, 0) is 15.7 Å². The summed E-state index contributed by atoms with van der Waals surface area (Å²) in [6.07, 6.45) is 7.75. The lowest BCUT2D eigenvalue weighted by Gasteiger charge is -2.44. The van der Waals surface area contributed by atoms with Gasteiger partial charge in [-0.1, -0.05) is 54.4 Å². The molecule has 2 aliphatic rings. The van der Waals surface area contributed by atoms with Gasteiger partial charge in [0.2, 0.25) is 5.25 Å². The van der Waals surface area contributed by atoms with Crippen molar-refractivity contribution in [3.05, 3.63) is 0 Å². The second-order valence-corrected chi connectivity index (χ2v) is 12.9. The molecule has 152 valence electrons. The predicted octanol–water partition coefficient (Wildman–Crippen LogP) is 6.00. The van der Waals surface area contributed by atoms with Crippen LogP contribution in [0.2, 0.25) is 0 Å². The Morgan fingerprint density at radius 2 is 1.19 bits per heavy atom. The fraction of sp³-hybridized carbons (Fsp3) is 0.957. The first-order chi connectivity index (χ1) is 12.1. The van der Waals surface area contributed by atoms with Gasteiger partial charge in [0.15, 0.2) is 0 Å². The summed E-state index contributed by atoms with van der Waals surface area (Å²) in [5.41, 5.74) is 0. The highest BCUT2D eigenvalue weighted by Gasteiger charge is 2.54. The molecule has 2 aliphatic carbocycles. The molecule has 0 radical (unpaired) electrons. The van der Waals surface area contributed by atoms with Crippen LogP contribution in [0, 0.1) is 35.5 Å². The summed E-state index contributed by atoms with van der Waals surface area (Å²) in [6.45, 7) is 16.3. The average Bonchev–Trinajstić information content (AvgIpc) is 2.54. The Labute approximate surface area is 165 Å². The molecule has 2 fully saturated rings. The number of hydrogen-bond acceptors (Lipinski definition) is 1. The van der Waals surface area contributed by atoms with Crippen molar-refractivity contribution in [3.63, 3.8) is 0 Å². The Hall–Kier alpha value is -0.180. The molecule has 0 spiro atoms. The van der Waals surface area contributed by atoms with E-state index in [0.717, 1.165) is 11.8 Å². The van der Waals surface area contributed by atoms with Gasteiger partial charge in [-0.15, -0.1) is 0 Å². The van der Waals surface area contributed by atoms with Crippen molar-refractivity contribution >= 4 is 16.9 Å².